The highest BCUT2D eigenvalue weighted by molar-refractivity contribution is 5.69. The fraction of sp³-hybridized carbons (Fsp3) is 0.429. The Morgan fingerprint density at radius 2 is 1.48 bits per heavy atom. The first-order valence-corrected chi connectivity index (χ1v) is 8.62. The highest BCUT2D eigenvalue weighted by Crippen LogP contribution is 2.65. The predicted molar refractivity (Wildman–Crippen MR) is 95.3 cm³/mol. The highest BCUT2D eigenvalue weighted by atomic mass is 16.3. The van der Waals surface area contributed by atoms with Crippen LogP contribution < -0.4 is 0 Å². The van der Waals surface area contributed by atoms with Crippen molar-refractivity contribution in [2.45, 2.75) is 56.5 Å². The van der Waals surface area contributed by atoms with Gasteiger partial charge in [0.15, 0.2) is 11.5 Å². The number of aliphatic hydroxyl groups excluding tert-OH is 1. The van der Waals surface area contributed by atoms with Crippen LogP contribution in [0.1, 0.15) is 56.4 Å². The Morgan fingerprint density at radius 3 is 2.12 bits per heavy atom. The van der Waals surface area contributed by atoms with Crippen LogP contribution in [0, 0.1) is 0 Å². The maximum atomic E-state index is 11.4. The number of aromatic hydroxyl groups is 3. The van der Waals surface area contributed by atoms with Gasteiger partial charge < -0.3 is 20.4 Å². The normalized spacial score (nSPS) is 28.1. The Kier molecular flexibility index (Phi) is 2.93. The third-order valence-electron chi connectivity index (χ3n) is 6.39. The lowest BCUT2D eigenvalue weighted by Gasteiger charge is -2.36. The molecule has 0 saturated carbocycles. The third kappa shape index (κ3) is 1.70. The van der Waals surface area contributed by atoms with Crippen LogP contribution in [-0.4, -0.2) is 26.5 Å². The maximum Gasteiger partial charge on any atom is 0.200 e. The van der Waals surface area contributed by atoms with Gasteiger partial charge in [-0.1, -0.05) is 52.0 Å². The minimum absolute atomic E-state index is 0.154. The molecule has 2 aliphatic carbocycles. The Labute approximate surface area is 147 Å². The van der Waals surface area contributed by atoms with Gasteiger partial charge in [0.25, 0.3) is 0 Å². The molecule has 25 heavy (non-hydrogen) atoms. The summed E-state index contributed by atoms with van der Waals surface area (Å²) in [7, 11) is 0. The molecule has 0 heterocycles. The van der Waals surface area contributed by atoms with E-state index in [1.54, 1.807) is 0 Å². The summed E-state index contributed by atoms with van der Waals surface area (Å²) in [6.45, 7) is 8.04. The van der Waals surface area contributed by atoms with Crippen molar-refractivity contribution in [1.82, 2.24) is 0 Å². The number of hydrogen-bond donors (Lipinski definition) is 4. The van der Waals surface area contributed by atoms with Gasteiger partial charge in [-0.15, -0.1) is 0 Å². The lowest BCUT2D eigenvalue weighted by atomic mass is 9.70. The van der Waals surface area contributed by atoms with Crippen molar-refractivity contribution < 1.29 is 20.4 Å². The van der Waals surface area contributed by atoms with Gasteiger partial charge in [0, 0.05) is 16.4 Å². The van der Waals surface area contributed by atoms with Crippen molar-refractivity contribution in [1.29, 1.82) is 0 Å². The fourth-order valence-electron chi connectivity index (χ4n) is 5.38. The molecule has 132 valence electrons. The van der Waals surface area contributed by atoms with Gasteiger partial charge in [0.05, 0.1) is 6.10 Å². The first-order valence-electron chi connectivity index (χ1n) is 8.62. The number of fused-ring (bicyclic) bond motifs is 4. The average Bonchev–Trinajstić information content (AvgIpc) is 2.88. The Bertz CT molecular complexity index is 897. The van der Waals surface area contributed by atoms with Gasteiger partial charge in [-0.3, -0.25) is 0 Å². The van der Waals surface area contributed by atoms with E-state index in [9.17, 15) is 20.4 Å². The molecular weight excluding hydrogens is 316 g/mol. The summed E-state index contributed by atoms with van der Waals surface area (Å²) in [4.78, 5) is 0. The smallest absolute Gasteiger partial charge is 0.200 e. The summed E-state index contributed by atoms with van der Waals surface area (Å²) in [5.74, 6) is -1.22. The first-order chi connectivity index (χ1) is 11.5. The van der Waals surface area contributed by atoms with Crippen molar-refractivity contribution in [3.63, 3.8) is 0 Å². The molecule has 2 aliphatic rings. The lowest BCUT2D eigenvalue weighted by Crippen LogP contribution is -2.43. The monoisotopic (exact) mass is 340 g/mol. The molecule has 1 spiro atoms. The molecule has 0 amide bonds. The van der Waals surface area contributed by atoms with Crippen molar-refractivity contribution in [3.8, 4) is 17.2 Å². The van der Waals surface area contributed by atoms with Crippen LogP contribution >= 0.6 is 0 Å². The number of hydrogen-bond acceptors (Lipinski definition) is 4. The van der Waals surface area contributed by atoms with E-state index in [2.05, 4.69) is 19.9 Å². The summed E-state index contributed by atoms with van der Waals surface area (Å²) >= 11 is 0. The van der Waals surface area contributed by atoms with E-state index in [-0.39, 0.29) is 16.9 Å². The quantitative estimate of drug-likeness (QED) is 0.554. The number of aliphatic hydroxyl groups is 1. The van der Waals surface area contributed by atoms with Crippen LogP contribution in [-0.2, 0) is 16.2 Å². The van der Waals surface area contributed by atoms with Gasteiger partial charge >= 0.3 is 0 Å². The molecular formula is C21H24O4. The number of phenols is 3. The molecule has 4 heteroatoms. The molecule has 2 aromatic rings. The van der Waals surface area contributed by atoms with Crippen molar-refractivity contribution in [2.75, 3.05) is 0 Å². The largest absolute Gasteiger partial charge is 0.504 e. The molecule has 4 N–H and O–H groups in total. The lowest BCUT2D eigenvalue weighted by molar-refractivity contribution is 0.0525. The molecule has 4 rings (SSSR count). The Morgan fingerprint density at radius 1 is 0.880 bits per heavy atom. The third-order valence-corrected chi connectivity index (χ3v) is 6.39. The molecule has 0 bridgehead atoms. The average molecular weight is 340 g/mol. The summed E-state index contributed by atoms with van der Waals surface area (Å²) in [6, 6.07) is 9.58. The zero-order valence-corrected chi connectivity index (χ0v) is 15.0. The topological polar surface area (TPSA) is 80.9 Å². The SMILES string of the molecule is CC1(C)CC2(c3ccccc31)c1cc(O)c(O)c(O)c1C(C)(C)C2O. The van der Waals surface area contributed by atoms with Crippen LogP contribution in [0.3, 0.4) is 0 Å². The van der Waals surface area contributed by atoms with E-state index in [1.807, 2.05) is 32.0 Å². The molecule has 2 atom stereocenters. The Balaban J connectivity index is 2.14. The van der Waals surface area contributed by atoms with Gasteiger partial charge in [0.1, 0.15) is 0 Å². The van der Waals surface area contributed by atoms with E-state index in [0.717, 1.165) is 5.56 Å². The van der Waals surface area contributed by atoms with Crippen LogP contribution in [0.25, 0.3) is 0 Å². The fourth-order valence-corrected chi connectivity index (χ4v) is 5.38. The molecule has 0 aliphatic heterocycles. The molecule has 0 radical (unpaired) electrons. The number of phenolic OH excluding ortho intramolecular Hbond substituents is 3. The predicted octanol–water partition coefficient (Wildman–Crippen LogP) is 3.42. The van der Waals surface area contributed by atoms with E-state index in [4.69, 9.17) is 0 Å². The zero-order chi connectivity index (χ0) is 18.4. The van der Waals surface area contributed by atoms with Gasteiger partial charge in [-0.25, -0.2) is 0 Å². The molecule has 2 unspecified atom stereocenters. The summed E-state index contributed by atoms with van der Waals surface area (Å²) < 4.78 is 0. The van der Waals surface area contributed by atoms with Crippen LogP contribution in [0.2, 0.25) is 0 Å². The van der Waals surface area contributed by atoms with Crippen molar-refractivity contribution in [2.24, 2.45) is 0 Å². The minimum atomic E-state index is -0.787. The maximum absolute atomic E-state index is 11.4. The Hall–Kier alpha value is -2.20. The summed E-state index contributed by atoms with van der Waals surface area (Å²) in [5, 5.41) is 42.2. The minimum Gasteiger partial charge on any atom is -0.504 e. The molecule has 0 fully saturated rings. The van der Waals surface area contributed by atoms with Gasteiger partial charge in [-0.05, 0) is 34.6 Å². The van der Waals surface area contributed by atoms with Gasteiger partial charge in [-0.2, -0.15) is 0 Å². The number of benzene rings is 2. The summed E-state index contributed by atoms with van der Waals surface area (Å²) in [5.41, 5.74) is 1.78. The highest BCUT2D eigenvalue weighted by Gasteiger charge is 2.63. The standard InChI is InChI=1S/C21H24O4/c1-19(2)10-21(12-8-6-5-7-11(12)19)13-9-14(22)16(23)17(24)15(13)20(3,4)18(21)25/h5-9,18,22-25H,10H2,1-4H3. The van der Waals surface area contributed by atoms with Crippen molar-refractivity contribution in [3.05, 3.63) is 52.6 Å². The number of rotatable bonds is 0. The van der Waals surface area contributed by atoms with Gasteiger partial charge in [0.2, 0.25) is 5.75 Å². The zero-order valence-electron chi connectivity index (χ0n) is 15.0. The van der Waals surface area contributed by atoms with E-state index in [1.165, 1.54) is 11.6 Å². The molecule has 0 aromatic heterocycles. The summed E-state index contributed by atoms with van der Waals surface area (Å²) in [6.07, 6.45) is -0.120. The van der Waals surface area contributed by atoms with E-state index in [0.29, 0.717) is 17.5 Å². The second-order valence-electron chi connectivity index (χ2n) is 8.72. The van der Waals surface area contributed by atoms with E-state index < -0.39 is 22.7 Å². The van der Waals surface area contributed by atoms with Crippen LogP contribution in [0.4, 0.5) is 0 Å². The first kappa shape index (κ1) is 16.3. The van der Waals surface area contributed by atoms with Crippen LogP contribution in [0.5, 0.6) is 17.2 Å². The van der Waals surface area contributed by atoms with Crippen molar-refractivity contribution >= 4 is 0 Å². The molecule has 2 aromatic carbocycles. The van der Waals surface area contributed by atoms with E-state index >= 15 is 0 Å². The second-order valence-corrected chi connectivity index (χ2v) is 8.72. The second kappa shape index (κ2) is 4.50. The molecule has 0 saturated heterocycles. The molecule has 4 nitrogen and oxygen atoms in total. The van der Waals surface area contributed by atoms with Crippen LogP contribution in [0.15, 0.2) is 30.3 Å².